The minimum atomic E-state index is -7.85. The third-order valence-electron chi connectivity index (χ3n) is 5.15. The molecule has 0 amide bonds. The van der Waals surface area contributed by atoms with Crippen LogP contribution in [0, 0.1) is 0 Å². The first-order valence-electron chi connectivity index (χ1n) is 9.78. The van der Waals surface area contributed by atoms with Crippen molar-refractivity contribution in [3.63, 3.8) is 0 Å². The summed E-state index contributed by atoms with van der Waals surface area (Å²) in [6.07, 6.45) is -15.0. The number of thioether (sulfide) groups is 1. The number of alkyl halides is 18. The van der Waals surface area contributed by atoms with Crippen LogP contribution in [-0.2, 0) is 20.0 Å². The van der Waals surface area contributed by atoms with E-state index in [2.05, 4.69) is 0 Å². The minimum Gasteiger partial charge on any atom is -0.191 e. The molecule has 29 heteroatoms. The van der Waals surface area contributed by atoms with E-state index in [0.717, 1.165) is 0 Å². The van der Waals surface area contributed by atoms with Crippen molar-refractivity contribution in [3.05, 3.63) is 0 Å². The Labute approximate surface area is 230 Å². The average molecular weight is 750 g/mol. The first-order chi connectivity index (χ1) is 18.2. The van der Waals surface area contributed by atoms with E-state index in [1.165, 1.54) is 0 Å². The Morgan fingerprint density at radius 3 is 0.860 bits per heavy atom. The van der Waals surface area contributed by atoms with Crippen LogP contribution in [0.4, 0.5) is 88.0 Å². The molecule has 0 fully saturated rings. The molecule has 43 heavy (non-hydrogen) atoms. The van der Waals surface area contributed by atoms with Crippen molar-refractivity contribution in [2.45, 2.75) is 46.6 Å². The first kappa shape index (κ1) is 41.8. The van der Waals surface area contributed by atoms with Gasteiger partial charge in [0.15, 0.2) is 0 Å². The summed E-state index contributed by atoms with van der Waals surface area (Å²) in [5, 5.41) is -15.0. The molecule has 260 valence electrons. The van der Waals surface area contributed by atoms with Crippen molar-refractivity contribution in [1.82, 2.24) is 0 Å². The quantitative estimate of drug-likeness (QED) is 0.126. The van der Waals surface area contributed by atoms with Gasteiger partial charge in [-0.15, -0.1) is 11.8 Å². The summed E-state index contributed by atoms with van der Waals surface area (Å²) in [7, 11) is -16.8. The molecule has 6 nitrogen and oxygen atoms in total. The highest BCUT2D eigenvalue weighted by Crippen LogP contribution is 2.57. The smallest absolute Gasteiger partial charge is 0.191 e. The van der Waals surface area contributed by atoms with Crippen LogP contribution >= 0.6 is 11.8 Å². The standard InChI is InChI=1S/C14H14F20N2O4S3/c1-35(33,42(37,38)13(29,30)9(19,20)7(15,16)11(23,24)25)3-5-41-6-4-36(2,34)43(39,40)14(31,32)10(21,22)8(17,18)12(26,27)28/h3-6H2,1-2H3/q+2. The molecule has 0 saturated carbocycles. The Hall–Kier alpha value is -1.23. The van der Waals surface area contributed by atoms with Crippen LogP contribution in [0.5, 0.6) is 0 Å². The van der Waals surface area contributed by atoms with Gasteiger partial charge in [-0.05, 0) is 8.22 Å². The van der Waals surface area contributed by atoms with E-state index in [-0.39, 0.29) is 11.8 Å². The van der Waals surface area contributed by atoms with Crippen LogP contribution in [0.15, 0.2) is 0 Å². The van der Waals surface area contributed by atoms with Crippen molar-refractivity contribution >= 4 is 31.8 Å². The summed E-state index contributed by atoms with van der Waals surface area (Å²) in [4.78, 5) is 0. The maximum Gasteiger partial charge on any atom is 0.467 e. The fourth-order valence-corrected chi connectivity index (χ4v) is 6.22. The van der Waals surface area contributed by atoms with E-state index < -0.39 is 114 Å². The third-order valence-corrected chi connectivity index (χ3v) is 10.3. The largest absolute Gasteiger partial charge is 0.467 e. The molecule has 2 atom stereocenters. The molecule has 0 aromatic carbocycles. The molecular weight excluding hydrogens is 736 g/mol. The van der Waals surface area contributed by atoms with Crippen molar-refractivity contribution in [2.24, 2.45) is 0 Å². The minimum absolute atomic E-state index is 0.366. The van der Waals surface area contributed by atoms with E-state index in [0.29, 0.717) is 0 Å². The van der Waals surface area contributed by atoms with Crippen LogP contribution in [-0.4, -0.2) is 110 Å². The lowest BCUT2D eigenvalue weighted by Gasteiger charge is -2.34. The second-order valence-corrected chi connectivity index (χ2v) is 14.0. The number of hydrogen-bond acceptors (Lipinski definition) is 5. The first-order valence-corrected chi connectivity index (χ1v) is 13.8. The fourth-order valence-electron chi connectivity index (χ4n) is 2.32. The van der Waals surface area contributed by atoms with Crippen LogP contribution in [0.1, 0.15) is 0 Å². The number of halogens is 20. The maximum atomic E-state index is 14.4. The molecule has 0 radical (unpaired) electrons. The summed E-state index contributed by atoms with van der Waals surface area (Å²) in [6, 6.07) is 0. The zero-order chi connectivity index (χ0) is 35.5. The number of hydrogen-bond donors (Lipinski definition) is 0. The summed E-state index contributed by atoms with van der Waals surface area (Å²) >= 11 is -0.366. The fraction of sp³-hybridized carbons (Fsp3) is 1.00. The SMILES string of the molecule is C[N+](F)(CCSCC[N+](C)(F)S(=O)(=O)C(F)(F)C(F)(F)C(F)(F)C(F)(F)F)S(=O)(=O)C(F)(F)C(F)(F)C(F)(F)C(F)(F)F. The van der Waals surface area contributed by atoms with Crippen LogP contribution in [0.2, 0.25) is 0 Å². The van der Waals surface area contributed by atoms with E-state index in [4.69, 9.17) is 0 Å². The van der Waals surface area contributed by atoms with Gasteiger partial charge in [-0.2, -0.15) is 95.9 Å². The molecule has 0 aromatic heterocycles. The predicted molar refractivity (Wildman–Crippen MR) is 101 cm³/mol. The van der Waals surface area contributed by atoms with Gasteiger partial charge >= 0.3 is 66.6 Å². The summed E-state index contributed by atoms with van der Waals surface area (Å²) in [5.74, 6) is -34.3. The van der Waals surface area contributed by atoms with Crippen LogP contribution in [0.25, 0.3) is 0 Å². The van der Waals surface area contributed by atoms with E-state index in [1.807, 2.05) is 0 Å². The van der Waals surface area contributed by atoms with Gasteiger partial charge in [0.2, 0.25) is 0 Å². The molecule has 0 aliphatic carbocycles. The van der Waals surface area contributed by atoms with Crippen molar-refractivity contribution < 1.29 is 113 Å². The molecule has 0 bridgehead atoms. The third kappa shape index (κ3) is 6.28. The number of quaternary nitrogens is 2. The molecular formula is C14H14F20N2O4S3+2. The van der Waals surface area contributed by atoms with E-state index in [9.17, 15) is 105 Å². The Kier molecular flexibility index (Phi) is 10.9. The zero-order valence-electron chi connectivity index (χ0n) is 20.1. The van der Waals surface area contributed by atoms with Crippen LogP contribution < -0.4 is 0 Å². The lowest BCUT2D eigenvalue weighted by Crippen LogP contribution is -2.67. The highest BCUT2D eigenvalue weighted by molar-refractivity contribution is 7.99. The molecule has 2 unspecified atom stereocenters. The topological polar surface area (TPSA) is 68.3 Å². The highest BCUT2D eigenvalue weighted by Gasteiger charge is 2.89. The van der Waals surface area contributed by atoms with Gasteiger partial charge in [-0.25, -0.2) is 0 Å². The summed E-state index contributed by atoms with van der Waals surface area (Å²) < 4.78 is 301. The predicted octanol–water partition coefficient (Wildman–Crippen LogP) is 5.89. The molecule has 0 aromatic rings. The van der Waals surface area contributed by atoms with Crippen molar-refractivity contribution in [1.29, 1.82) is 0 Å². The molecule has 0 saturated heterocycles. The van der Waals surface area contributed by atoms with E-state index in [1.54, 1.807) is 0 Å². The highest BCUT2D eigenvalue weighted by atomic mass is 32.2. The van der Waals surface area contributed by atoms with Gasteiger partial charge in [0, 0.05) is 20.5 Å². The molecule has 0 aliphatic rings. The monoisotopic (exact) mass is 750 g/mol. The molecule has 0 spiro atoms. The maximum absolute atomic E-state index is 14.4. The van der Waals surface area contributed by atoms with Gasteiger partial charge in [0.25, 0.3) is 0 Å². The molecule has 0 aliphatic heterocycles. The lowest BCUT2D eigenvalue weighted by atomic mass is 10.1. The van der Waals surface area contributed by atoms with E-state index >= 15 is 0 Å². The summed E-state index contributed by atoms with van der Waals surface area (Å²) in [6.45, 7) is -4.35. The van der Waals surface area contributed by atoms with Crippen LogP contribution in [0.3, 0.4) is 0 Å². The van der Waals surface area contributed by atoms with Gasteiger partial charge < -0.3 is 0 Å². The normalized spacial score (nSPS) is 18.7. The molecule has 0 heterocycles. The average Bonchev–Trinajstić information content (AvgIpc) is 2.75. The molecule has 0 N–H and O–H groups in total. The summed E-state index contributed by atoms with van der Waals surface area (Å²) in [5.41, 5.74) is 0. The number of rotatable bonds is 14. The second kappa shape index (κ2) is 11.2. The zero-order valence-corrected chi connectivity index (χ0v) is 22.6. The van der Waals surface area contributed by atoms with Gasteiger partial charge in [-0.3, -0.25) is 0 Å². The van der Waals surface area contributed by atoms with Gasteiger partial charge in [0.05, 0.1) is 0 Å². The van der Waals surface area contributed by atoms with Gasteiger partial charge in [0.1, 0.15) is 27.2 Å². The Morgan fingerprint density at radius 2 is 0.674 bits per heavy atom. The van der Waals surface area contributed by atoms with Crippen molar-refractivity contribution in [3.8, 4) is 0 Å². The number of sulfonamides is 2. The van der Waals surface area contributed by atoms with Gasteiger partial charge in [-0.1, -0.05) is 0 Å². The number of nitrogens with zero attached hydrogens (tertiary/aromatic N) is 2. The Morgan fingerprint density at radius 1 is 0.465 bits per heavy atom. The molecule has 0 rings (SSSR count). The lowest BCUT2D eigenvalue weighted by molar-refractivity contribution is -0.932. The van der Waals surface area contributed by atoms with Crippen molar-refractivity contribution in [2.75, 3.05) is 38.7 Å². The second-order valence-electron chi connectivity index (χ2n) is 8.31. The Balaban J connectivity index is 5.88. The Bertz CT molecular complexity index is 1130.